The van der Waals surface area contributed by atoms with Gasteiger partial charge < -0.3 is 10.8 Å². The molecule has 0 aliphatic heterocycles. The van der Waals surface area contributed by atoms with Crippen LogP contribution >= 0.6 is 0 Å². The lowest BCUT2D eigenvalue weighted by Gasteiger charge is -2.12. The monoisotopic (exact) mass is 468 g/mol. The van der Waals surface area contributed by atoms with E-state index in [-0.39, 0.29) is 22.4 Å². The lowest BCUT2D eigenvalue weighted by Crippen LogP contribution is -2.04. The maximum atomic E-state index is 11.9. The van der Waals surface area contributed by atoms with Crippen LogP contribution in [0.1, 0.15) is 0 Å². The van der Waals surface area contributed by atoms with Gasteiger partial charge in [0.1, 0.15) is 15.5 Å². The molecule has 13 nitrogen and oxygen atoms in total. The molecule has 0 spiro atoms. The van der Waals surface area contributed by atoms with Gasteiger partial charge in [-0.1, -0.05) is 0 Å². The fourth-order valence-electron chi connectivity index (χ4n) is 2.73. The third kappa shape index (κ3) is 4.29. The number of nitro benzene ring substituents is 1. The molecule has 31 heavy (non-hydrogen) atoms. The Balaban J connectivity index is 2.31. The Bertz CT molecular complexity index is 1470. The van der Waals surface area contributed by atoms with Crippen LogP contribution in [0.5, 0.6) is 5.75 Å². The van der Waals surface area contributed by atoms with Gasteiger partial charge in [-0.25, -0.2) is 0 Å². The quantitative estimate of drug-likeness (QED) is 0.141. The Kier molecular flexibility index (Phi) is 5.36. The fraction of sp³-hybridized carbons (Fsp3) is 0. The second-order valence-electron chi connectivity index (χ2n) is 6.07. The minimum Gasteiger partial charge on any atom is -0.505 e. The van der Waals surface area contributed by atoms with Crippen molar-refractivity contribution in [2.45, 2.75) is 9.79 Å². The smallest absolute Gasteiger partial charge is 0.296 e. The fourth-order valence-corrected chi connectivity index (χ4v) is 4.05. The summed E-state index contributed by atoms with van der Waals surface area (Å²) in [6.07, 6.45) is 0. The molecular formula is C16H12N4O9S2. The number of hydrogen-bond donors (Lipinski definition) is 4. The molecule has 0 aromatic heterocycles. The van der Waals surface area contributed by atoms with E-state index in [1.807, 2.05) is 0 Å². The summed E-state index contributed by atoms with van der Waals surface area (Å²) in [5, 5.41) is 27.7. The highest BCUT2D eigenvalue weighted by atomic mass is 32.2. The summed E-state index contributed by atoms with van der Waals surface area (Å²) in [7, 11) is -9.92. The van der Waals surface area contributed by atoms with Crippen LogP contribution in [0.3, 0.4) is 0 Å². The molecular weight excluding hydrogens is 456 g/mol. The van der Waals surface area contributed by atoms with E-state index in [1.54, 1.807) is 0 Å². The molecule has 0 radical (unpaired) electrons. The van der Waals surface area contributed by atoms with Gasteiger partial charge in [-0.2, -0.15) is 21.9 Å². The van der Waals surface area contributed by atoms with Crippen LogP contribution in [-0.2, 0) is 20.2 Å². The molecule has 0 aliphatic carbocycles. The SMILES string of the molecule is Nc1ccc(S(=O)(=O)O)c2cc(S(=O)(=O)O)c(N=Nc3ccc([N+](=O)[O-])cc3)c(O)c12. The number of azo groups is 1. The number of benzene rings is 3. The average molecular weight is 468 g/mol. The number of nitrogens with zero attached hydrogens (tertiary/aromatic N) is 3. The summed E-state index contributed by atoms with van der Waals surface area (Å²) in [4.78, 5) is 8.26. The second kappa shape index (κ2) is 7.55. The number of nitrogens with two attached hydrogens (primary N) is 1. The lowest BCUT2D eigenvalue weighted by atomic mass is 10.1. The molecule has 0 amide bonds. The van der Waals surface area contributed by atoms with Gasteiger partial charge in [0.25, 0.3) is 25.9 Å². The third-order valence-electron chi connectivity index (χ3n) is 4.09. The van der Waals surface area contributed by atoms with Crippen molar-refractivity contribution in [2.24, 2.45) is 10.2 Å². The zero-order valence-electron chi connectivity index (χ0n) is 15.1. The normalized spacial score (nSPS) is 12.5. The van der Waals surface area contributed by atoms with Crippen LogP contribution in [0, 0.1) is 10.1 Å². The van der Waals surface area contributed by atoms with Gasteiger partial charge in [-0.3, -0.25) is 19.2 Å². The molecule has 15 heteroatoms. The molecule has 0 fully saturated rings. The Labute approximate surface area is 174 Å². The largest absolute Gasteiger partial charge is 0.505 e. The van der Waals surface area contributed by atoms with Gasteiger partial charge in [-0.15, -0.1) is 5.11 Å². The van der Waals surface area contributed by atoms with Gasteiger partial charge in [0.2, 0.25) is 0 Å². The zero-order chi connectivity index (χ0) is 23.1. The van der Waals surface area contributed by atoms with Gasteiger partial charge >= 0.3 is 0 Å². The first-order chi connectivity index (χ1) is 14.3. The van der Waals surface area contributed by atoms with Gasteiger partial charge in [0.05, 0.1) is 16.0 Å². The van der Waals surface area contributed by atoms with E-state index in [0.29, 0.717) is 6.07 Å². The van der Waals surface area contributed by atoms with E-state index in [0.717, 1.165) is 24.3 Å². The number of hydrogen-bond acceptors (Lipinski definition) is 10. The highest BCUT2D eigenvalue weighted by Crippen LogP contribution is 2.45. The van der Waals surface area contributed by atoms with Crippen molar-refractivity contribution in [2.75, 3.05) is 5.73 Å². The van der Waals surface area contributed by atoms with Crippen LogP contribution in [-0.4, -0.2) is 36.0 Å². The van der Waals surface area contributed by atoms with E-state index in [1.165, 1.54) is 12.1 Å². The summed E-state index contributed by atoms with van der Waals surface area (Å²) in [5.74, 6) is -0.932. The van der Waals surface area contributed by atoms with Crippen molar-refractivity contribution in [3.8, 4) is 5.75 Å². The van der Waals surface area contributed by atoms with Crippen LogP contribution in [0.4, 0.5) is 22.7 Å². The van der Waals surface area contributed by atoms with E-state index in [2.05, 4.69) is 10.2 Å². The number of non-ortho nitro benzene ring substituents is 1. The second-order valence-corrected chi connectivity index (χ2v) is 8.85. The maximum Gasteiger partial charge on any atom is 0.296 e. The minimum atomic E-state index is -5.07. The molecule has 3 aromatic rings. The maximum absolute atomic E-state index is 11.9. The van der Waals surface area contributed by atoms with E-state index >= 15 is 0 Å². The molecule has 0 unspecified atom stereocenters. The Morgan fingerprint density at radius 3 is 2.00 bits per heavy atom. The Morgan fingerprint density at radius 1 is 0.903 bits per heavy atom. The Morgan fingerprint density at radius 2 is 1.48 bits per heavy atom. The molecule has 162 valence electrons. The zero-order valence-corrected chi connectivity index (χ0v) is 16.7. The molecule has 0 saturated carbocycles. The third-order valence-corrected chi connectivity index (χ3v) is 5.87. The molecule has 3 rings (SSSR count). The molecule has 3 aromatic carbocycles. The van der Waals surface area contributed by atoms with Crippen LogP contribution in [0.2, 0.25) is 0 Å². The molecule has 0 aliphatic rings. The van der Waals surface area contributed by atoms with Crippen molar-refractivity contribution in [1.82, 2.24) is 0 Å². The van der Waals surface area contributed by atoms with Crippen molar-refractivity contribution in [3.63, 3.8) is 0 Å². The average Bonchev–Trinajstić information content (AvgIpc) is 2.65. The van der Waals surface area contributed by atoms with Crippen molar-refractivity contribution >= 4 is 53.8 Å². The molecule has 5 N–H and O–H groups in total. The minimum absolute atomic E-state index is 0.0334. The summed E-state index contributed by atoms with van der Waals surface area (Å²) in [6.45, 7) is 0. The molecule has 0 atom stereocenters. The highest BCUT2D eigenvalue weighted by molar-refractivity contribution is 7.86. The summed E-state index contributed by atoms with van der Waals surface area (Å²) in [6, 6.07) is 7.19. The van der Waals surface area contributed by atoms with Gasteiger partial charge in [0, 0.05) is 23.2 Å². The summed E-state index contributed by atoms with van der Waals surface area (Å²) < 4.78 is 65.9. The van der Waals surface area contributed by atoms with E-state index in [9.17, 15) is 41.2 Å². The topological polar surface area (TPSA) is 223 Å². The number of rotatable bonds is 5. The molecule has 0 saturated heterocycles. The molecule has 0 heterocycles. The number of phenols is 1. The number of nitro groups is 1. The van der Waals surface area contributed by atoms with Crippen LogP contribution in [0.15, 0.2) is 62.5 Å². The van der Waals surface area contributed by atoms with Crippen molar-refractivity contribution in [3.05, 3.63) is 52.6 Å². The Hall–Kier alpha value is -3.66. The summed E-state index contributed by atoms with van der Waals surface area (Å²) >= 11 is 0. The van der Waals surface area contributed by atoms with E-state index < -0.39 is 51.8 Å². The first kappa shape index (κ1) is 22.0. The standard InChI is InChI=1S/C16H12N4O9S2/c17-11-5-6-12(30(24,25)26)10-7-13(31(27,28)29)15(16(21)14(10)11)19-18-8-1-3-9(4-2-8)20(22)23/h1-7,21H,17H2,(H,24,25,26)(H,27,28,29). The predicted molar refractivity (Wildman–Crippen MR) is 107 cm³/mol. The van der Waals surface area contributed by atoms with Crippen molar-refractivity contribution in [1.29, 1.82) is 0 Å². The molecule has 0 bridgehead atoms. The predicted octanol–water partition coefficient (Wildman–Crippen LogP) is 2.94. The lowest BCUT2D eigenvalue weighted by molar-refractivity contribution is -0.384. The first-order valence-electron chi connectivity index (χ1n) is 8.00. The van der Waals surface area contributed by atoms with Crippen LogP contribution in [0.25, 0.3) is 10.8 Å². The highest BCUT2D eigenvalue weighted by Gasteiger charge is 2.26. The van der Waals surface area contributed by atoms with E-state index in [4.69, 9.17) is 5.73 Å². The number of anilines is 1. The number of nitrogen functional groups attached to an aromatic ring is 1. The van der Waals surface area contributed by atoms with Gasteiger partial charge in [0.15, 0.2) is 5.75 Å². The summed E-state index contributed by atoms with van der Waals surface area (Å²) in [5.41, 5.74) is 4.60. The number of aromatic hydroxyl groups is 1. The van der Waals surface area contributed by atoms with Crippen molar-refractivity contribution < 1.29 is 36.0 Å². The first-order valence-corrected chi connectivity index (χ1v) is 10.9. The van der Waals surface area contributed by atoms with Crippen LogP contribution < -0.4 is 5.73 Å². The number of fused-ring (bicyclic) bond motifs is 1. The number of phenolic OH excluding ortho intramolecular Hbond substituents is 1. The van der Waals surface area contributed by atoms with Gasteiger partial charge in [-0.05, 0) is 30.3 Å².